The highest BCUT2D eigenvalue weighted by Gasteiger charge is 2.47. The van der Waals surface area contributed by atoms with Crippen LogP contribution in [0.2, 0.25) is 10.0 Å². The number of ether oxygens (including phenoxy) is 3. The maximum absolute atomic E-state index is 11.8. The molecule has 0 aromatic heterocycles. The van der Waals surface area contributed by atoms with Gasteiger partial charge in [-0.25, -0.2) is 4.79 Å². The highest BCUT2D eigenvalue weighted by atomic mass is 35.5. The number of hydrogen-bond acceptors (Lipinski definition) is 4. The third kappa shape index (κ3) is 5.08. The summed E-state index contributed by atoms with van der Waals surface area (Å²) in [5.74, 6) is -0.633. The van der Waals surface area contributed by atoms with Crippen LogP contribution in [-0.4, -0.2) is 29.8 Å². The fraction of sp³-hybridized carbons (Fsp3) is 0.462. The molecule has 0 bridgehead atoms. The van der Waals surface area contributed by atoms with Gasteiger partial charge in [0, 0.05) is 11.6 Å². The normalized spacial score (nSPS) is 12.9. The summed E-state index contributed by atoms with van der Waals surface area (Å²) in [6, 6.07) is 4.57. The van der Waals surface area contributed by atoms with Crippen molar-refractivity contribution in [2.45, 2.75) is 24.5 Å². The highest BCUT2D eigenvalue weighted by Crippen LogP contribution is 2.35. The number of hydrogen-bond donors (Lipinski definition) is 0. The quantitative estimate of drug-likeness (QED) is 0.400. The van der Waals surface area contributed by atoms with Crippen LogP contribution in [0.1, 0.15) is 13.8 Å². The number of esters is 1. The van der Waals surface area contributed by atoms with Crippen LogP contribution >= 0.6 is 46.4 Å². The summed E-state index contributed by atoms with van der Waals surface area (Å²) in [5.41, 5.74) is 0. The van der Waals surface area contributed by atoms with Crippen LogP contribution in [0.25, 0.3) is 0 Å². The van der Waals surface area contributed by atoms with Crippen molar-refractivity contribution in [2.75, 3.05) is 13.2 Å². The molecule has 118 valence electrons. The van der Waals surface area contributed by atoms with Gasteiger partial charge in [-0.3, -0.25) is 0 Å². The first-order valence-corrected chi connectivity index (χ1v) is 7.62. The summed E-state index contributed by atoms with van der Waals surface area (Å²) in [4.78, 5) is 11.8. The average molecular weight is 376 g/mol. The lowest BCUT2D eigenvalue weighted by Crippen LogP contribution is -2.46. The molecule has 0 N–H and O–H groups in total. The molecular formula is C13H14Cl4O4. The average Bonchev–Trinajstić information content (AvgIpc) is 2.41. The zero-order chi connectivity index (χ0) is 16.0. The minimum absolute atomic E-state index is 0.126. The van der Waals surface area contributed by atoms with Crippen molar-refractivity contribution in [3.05, 3.63) is 28.2 Å². The van der Waals surface area contributed by atoms with Crippen molar-refractivity contribution >= 4 is 52.4 Å². The van der Waals surface area contributed by atoms with E-state index < -0.39 is 16.6 Å². The van der Waals surface area contributed by atoms with E-state index in [1.54, 1.807) is 19.9 Å². The van der Waals surface area contributed by atoms with E-state index in [1.165, 1.54) is 12.1 Å². The topological polar surface area (TPSA) is 44.8 Å². The van der Waals surface area contributed by atoms with Gasteiger partial charge in [-0.2, -0.15) is 0 Å². The van der Waals surface area contributed by atoms with E-state index in [0.29, 0.717) is 5.02 Å². The molecule has 1 atom stereocenters. The zero-order valence-corrected chi connectivity index (χ0v) is 14.4. The molecule has 0 aliphatic rings. The number of carbonyl (C=O) groups excluding carboxylic acids is 1. The Balaban J connectivity index is 2.98. The SMILES string of the molecule is CCOC(=O)C(Cl)(Cl)C(OCC)Oc1ccc(Cl)cc1Cl. The van der Waals surface area contributed by atoms with E-state index in [9.17, 15) is 4.79 Å². The van der Waals surface area contributed by atoms with Gasteiger partial charge in [0.2, 0.25) is 6.29 Å². The van der Waals surface area contributed by atoms with Crippen LogP contribution in [0.5, 0.6) is 5.75 Å². The third-order valence-corrected chi connectivity index (χ3v) is 3.49. The van der Waals surface area contributed by atoms with Crippen LogP contribution in [0.15, 0.2) is 18.2 Å². The Bertz CT molecular complexity index is 493. The number of benzene rings is 1. The molecule has 0 amide bonds. The molecule has 1 aromatic carbocycles. The standard InChI is InChI=1S/C13H14Cl4O4/c1-3-19-11(18)13(16,17)12(20-4-2)21-10-6-5-8(14)7-9(10)15/h5-7,12H,3-4H2,1-2H3. The van der Waals surface area contributed by atoms with Gasteiger partial charge in [-0.05, 0) is 32.0 Å². The fourth-order valence-electron chi connectivity index (χ4n) is 1.37. The van der Waals surface area contributed by atoms with Crippen molar-refractivity contribution in [3.8, 4) is 5.75 Å². The number of rotatable bonds is 7. The van der Waals surface area contributed by atoms with Crippen LogP contribution < -0.4 is 4.74 Å². The van der Waals surface area contributed by atoms with E-state index in [4.69, 9.17) is 60.6 Å². The van der Waals surface area contributed by atoms with E-state index >= 15 is 0 Å². The lowest BCUT2D eigenvalue weighted by atomic mass is 10.3. The Morgan fingerprint density at radius 3 is 2.43 bits per heavy atom. The van der Waals surface area contributed by atoms with Crippen molar-refractivity contribution in [1.82, 2.24) is 0 Å². The molecule has 0 aliphatic carbocycles. The van der Waals surface area contributed by atoms with Gasteiger partial charge in [0.25, 0.3) is 4.33 Å². The van der Waals surface area contributed by atoms with Gasteiger partial charge in [0.15, 0.2) is 0 Å². The lowest BCUT2D eigenvalue weighted by molar-refractivity contribution is -0.156. The minimum Gasteiger partial charge on any atom is -0.464 e. The molecule has 0 aliphatic heterocycles. The van der Waals surface area contributed by atoms with Gasteiger partial charge >= 0.3 is 5.97 Å². The van der Waals surface area contributed by atoms with E-state index in [-0.39, 0.29) is 24.0 Å². The Morgan fingerprint density at radius 2 is 1.90 bits per heavy atom. The Kier molecular flexibility index (Phi) is 7.37. The zero-order valence-electron chi connectivity index (χ0n) is 11.4. The van der Waals surface area contributed by atoms with Gasteiger partial charge in [0.1, 0.15) is 5.75 Å². The predicted octanol–water partition coefficient (Wildman–Crippen LogP) is 4.47. The summed E-state index contributed by atoms with van der Waals surface area (Å²) in [6.07, 6.45) is -1.29. The Morgan fingerprint density at radius 1 is 1.24 bits per heavy atom. The number of halogens is 4. The van der Waals surface area contributed by atoms with Crippen LogP contribution in [0.4, 0.5) is 0 Å². The second kappa shape index (κ2) is 8.30. The maximum atomic E-state index is 11.8. The molecule has 1 aromatic rings. The smallest absolute Gasteiger partial charge is 0.349 e. The maximum Gasteiger partial charge on any atom is 0.349 e. The lowest BCUT2D eigenvalue weighted by Gasteiger charge is -2.28. The first-order valence-electron chi connectivity index (χ1n) is 6.11. The van der Waals surface area contributed by atoms with E-state index in [1.807, 2.05) is 0 Å². The summed E-state index contributed by atoms with van der Waals surface area (Å²) in [5, 5.41) is 0.675. The molecule has 1 unspecified atom stereocenters. The van der Waals surface area contributed by atoms with Gasteiger partial charge in [-0.1, -0.05) is 46.4 Å². The summed E-state index contributed by atoms with van der Waals surface area (Å²) < 4.78 is 13.6. The van der Waals surface area contributed by atoms with Gasteiger partial charge < -0.3 is 14.2 Å². The Hall–Kier alpha value is -0.390. The monoisotopic (exact) mass is 374 g/mol. The molecule has 21 heavy (non-hydrogen) atoms. The third-order valence-electron chi connectivity index (χ3n) is 2.29. The largest absolute Gasteiger partial charge is 0.464 e. The van der Waals surface area contributed by atoms with Crippen molar-refractivity contribution in [1.29, 1.82) is 0 Å². The predicted molar refractivity (Wildman–Crippen MR) is 83.6 cm³/mol. The van der Waals surface area contributed by atoms with Crippen molar-refractivity contribution in [2.24, 2.45) is 0 Å². The first-order chi connectivity index (χ1) is 9.82. The number of alkyl halides is 2. The first kappa shape index (κ1) is 18.7. The molecule has 8 heteroatoms. The Labute approximate surface area is 143 Å². The molecule has 0 radical (unpaired) electrons. The highest BCUT2D eigenvalue weighted by molar-refractivity contribution is 6.58. The molecule has 0 spiro atoms. The van der Waals surface area contributed by atoms with Crippen LogP contribution in [0.3, 0.4) is 0 Å². The molecule has 0 fully saturated rings. The number of carbonyl (C=O) groups is 1. The van der Waals surface area contributed by atoms with E-state index in [0.717, 1.165) is 0 Å². The van der Waals surface area contributed by atoms with Crippen molar-refractivity contribution < 1.29 is 19.0 Å². The molecule has 0 saturated carbocycles. The van der Waals surface area contributed by atoms with Crippen molar-refractivity contribution in [3.63, 3.8) is 0 Å². The summed E-state index contributed by atoms with van der Waals surface area (Å²) in [7, 11) is 0. The molecule has 4 nitrogen and oxygen atoms in total. The van der Waals surface area contributed by atoms with Gasteiger partial charge in [-0.15, -0.1) is 0 Å². The second-order valence-electron chi connectivity index (χ2n) is 3.82. The summed E-state index contributed by atoms with van der Waals surface area (Å²) >= 11 is 23.8. The molecule has 0 heterocycles. The minimum atomic E-state index is -2.03. The molecular weight excluding hydrogens is 362 g/mol. The summed E-state index contributed by atoms with van der Waals surface area (Å²) in [6.45, 7) is 3.68. The fourth-order valence-corrected chi connectivity index (χ4v) is 2.15. The molecule has 0 saturated heterocycles. The van der Waals surface area contributed by atoms with Gasteiger partial charge in [0.05, 0.1) is 11.6 Å². The second-order valence-corrected chi connectivity index (χ2v) is 6.05. The van der Waals surface area contributed by atoms with Crippen LogP contribution in [0, 0.1) is 0 Å². The van der Waals surface area contributed by atoms with Crippen LogP contribution in [-0.2, 0) is 14.3 Å². The molecule has 1 rings (SSSR count). The van der Waals surface area contributed by atoms with E-state index in [2.05, 4.69) is 0 Å².